The highest BCUT2D eigenvalue weighted by atomic mass is 16.2. The van der Waals surface area contributed by atoms with Crippen LogP contribution in [0, 0.1) is 5.92 Å². The number of para-hydroxylation sites is 1. The van der Waals surface area contributed by atoms with Crippen LogP contribution < -0.4 is 10.2 Å². The number of amides is 2. The number of rotatable bonds is 5. The minimum absolute atomic E-state index is 0.0685. The third-order valence-electron chi connectivity index (χ3n) is 7.05. The molecular formula is C25H31N5O2. The zero-order valence-electron chi connectivity index (χ0n) is 18.4. The lowest BCUT2D eigenvalue weighted by molar-refractivity contribution is -0.131. The third kappa shape index (κ3) is 4.35. The van der Waals surface area contributed by atoms with Gasteiger partial charge in [-0.2, -0.15) is 0 Å². The molecule has 2 saturated heterocycles. The summed E-state index contributed by atoms with van der Waals surface area (Å²) in [4.78, 5) is 36.8. The van der Waals surface area contributed by atoms with Gasteiger partial charge in [-0.1, -0.05) is 24.3 Å². The van der Waals surface area contributed by atoms with Gasteiger partial charge in [0.1, 0.15) is 0 Å². The topological polar surface area (TPSA) is 68.8 Å². The fraction of sp³-hybridized carbons (Fsp3) is 0.480. The second kappa shape index (κ2) is 9.28. The monoisotopic (exact) mass is 433 g/mol. The van der Waals surface area contributed by atoms with Gasteiger partial charge in [-0.15, -0.1) is 0 Å². The van der Waals surface area contributed by atoms with Gasteiger partial charge in [-0.3, -0.25) is 19.5 Å². The molecule has 0 radical (unpaired) electrons. The molecule has 2 aromatic rings. The van der Waals surface area contributed by atoms with E-state index < -0.39 is 0 Å². The molecule has 2 fully saturated rings. The Morgan fingerprint density at radius 3 is 2.69 bits per heavy atom. The summed E-state index contributed by atoms with van der Waals surface area (Å²) in [6, 6.07) is 12.3. The van der Waals surface area contributed by atoms with Gasteiger partial charge >= 0.3 is 0 Å². The molecule has 7 nitrogen and oxygen atoms in total. The molecule has 3 aliphatic rings. The Morgan fingerprint density at radius 2 is 1.88 bits per heavy atom. The summed E-state index contributed by atoms with van der Waals surface area (Å²) < 4.78 is 0. The van der Waals surface area contributed by atoms with Crippen molar-refractivity contribution in [3.8, 4) is 0 Å². The molecule has 4 heterocycles. The number of piperazine rings is 1. The summed E-state index contributed by atoms with van der Waals surface area (Å²) in [5.74, 6) is 0.155. The van der Waals surface area contributed by atoms with E-state index in [-0.39, 0.29) is 23.8 Å². The summed E-state index contributed by atoms with van der Waals surface area (Å²) in [6.45, 7) is 5.11. The van der Waals surface area contributed by atoms with Crippen LogP contribution in [0.2, 0.25) is 0 Å². The number of anilines is 1. The van der Waals surface area contributed by atoms with Crippen LogP contribution in [-0.2, 0) is 22.6 Å². The Kier molecular flexibility index (Phi) is 6.08. The van der Waals surface area contributed by atoms with Crippen molar-refractivity contribution in [1.29, 1.82) is 0 Å². The number of aromatic nitrogens is 1. The van der Waals surface area contributed by atoms with Crippen molar-refractivity contribution in [3.63, 3.8) is 0 Å². The summed E-state index contributed by atoms with van der Waals surface area (Å²) in [5.41, 5.74) is 3.46. The lowest BCUT2D eigenvalue weighted by Crippen LogP contribution is -2.62. The molecule has 2 amide bonds. The third-order valence-corrected chi connectivity index (χ3v) is 7.05. The highest BCUT2D eigenvalue weighted by Gasteiger charge is 2.41. The van der Waals surface area contributed by atoms with Crippen molar-refractivity contribution in [2.45, 2.75) is 31.8 Å². The van der Waals surface area contributed by atoms with Gasteiger partial charge < -0.3 is 15.1 Å². The highest BCUT2D eigenvalue weighted by Crippen LogP contribution is 2.36. The lowest BCUT2D eigenvalue weighted by atomic mass is 9.83. The van der Waals surface area contributed by atoms with Crippen LogP contribution in [0.1, 0.15) is 24.0 Å². The number of carbonyl (C=O) groups is 2. The van der Waals surface area contributed by atoms with Crippen LogP contribution in [-0.4, -0.2) is 71.9 Å². The van der Waals surface area contributed by atoms with E-state index in [9.17, 15) is 9.59 Å². The van der Waals surface area contributed by atoms with Gasteiger partial charge in [0.25, 0.3) is 0 Å². The number of nitrogens with one attached hydrogen (secondary N) is 1. The number of likely N-dealkylation sites (tertiary alicyclic amines) is 1. The summed E-state index contributed by atoms with van der Waals surface area (Å²) in [7, 11) is 0. The first kappa shape index (κ1) is 20.9. The van der Waals surface area contributed by atoms with Gasteiger partial charge in [0, 0.05) is 57.3 Å². The summed E-state index contributed by atoms with van der Waals surface area (Å²) in [6.07, 6.45) is 6.47. The van der Waals surface area contributed by atoms with Crippen molar-refractivity contribution >= 4 is 17.5 Å². The van der Waals surface area contributed by atoms with Crippen LogP contribution in [0.5, 0.6) is 0 Å². The molecule has 2 unspecified atom stereocenters. The van der Waals surface area contributed by atoms with Gasteiger partial charge in [0.15, 0.2) is 0 Å². The molecule has 5 rings (SSSR count). The Morgan fingerprint density at radius 1 is 1.03 bits per heavy atom. The molecule has 1 aromatic carbocycles. The molecule has 0 saturated carbocycles. The van der Waals surface area contributed by atoms with Crippen LogP contribution in [0.4, 0.5) is 5.69 Å². The largest absolute Gasteiger partial charge is 0.365 e. The fourth-order valence-corrected chi connectivity index (χ4v) is 5.34. The minimum atomic E-state index is -0.147. The zero-order valence-corrected chi connectivity index (χ0v) is 18.4. The first-order valence-corrected chi connectivity index (χ1v) is 11.7. The molecule has 0 bridgehead atoms. The number of hydrogen-bond acceptors (Lipinski definition) is 5. The van der Waals surface area contributed by atoms with Crippen molar-refractivity contribution < 1.29 is 9.59 Å². The van der Waals surface area contributed by atoms with Crippen LogP contribution in [0.3, 0.4) is 0 Å². The van der Waals surface area contributed by atoms with Crippen LogP contribution in [0.25, 0.3) is 0 Å². The van der Waals surface area contributed by atoms with E-state index in [0.717, 1.165) is 57.5 Å². The standard InChI is InChI=1S/C25H31N5O2/c31-24(29-10-3-4-11-29)18-28-12-13-30-22-8-2-1-7-20(22)14-21(23(30)17-28)25(32)27-16-19-6-5-9-26-15-19/h1-2,5-9,15,21,23H,3-4,10-14,16-18H2,(H,27,32). The van der Waals surface area contributed by atoms with E-state index in [4.69, 9.17) is 0 Å². The molecule has 2 atom stereocenters. The van der Waals surface area contributed by atoms with Crippen molar-refractivity contribution in [1.82, 2.24) is 20.1 Å². The maximum absolute atomic E-state index is 13.3. The maximum atomic E-state index is 13.3. The quantitative estimate of drug-likeness (QED) is 0.777. The number of pyridine rings is 1. The average Bonchev–Trinajstić information content (AvgIpc) is 3.38. The Hall–Kier alpha value is -2.93. The Balaban J connectivity index is 1.31. The van der Waals surface area contributed by atoms with E-state index >= 15 is 0 Å². The number of nitrogens with zero attached hydrogens (tertiary/aromatic N) is 4. The van der Waals surface area contributed by atoms with E-state index in [1.807, 2.05) is 17.0 Å². The first-order chi connectivity index (χ1) is 15.7. The van der Waals surface area contributed by atoms with Crippen molar-refractivity contribution in [2.75, 3.05) is 44.2 Å². The van der Waals surface area contributed by atoms with E-state index in [0.29, 0.717) is 13.1 Å². The van der Waals surface area contributed by atoms with Crippen LogP contribution >= 0.6 is 0 Å². The smallest absolute Gasteiger partial charge is 0.236 e. The van der Waals surface area contributed by atoms with Gasteiger partial charge in [-0.05, 0) is 42.5 Å². The fourth-order valence-electron chi connectivity index (χ4n) is 5.34. The lowest BCUT2D eigenvalue weighted by Gasteiger charge is -2.49. The number of hydrogen-bond donors (Lipinski definition) is 1. The van der Waals surface area contributed by atoms with Crippen LogP contribution in [0.15, 0.2) is 48.8 Å². The zero-order chi connectivity index (χ0) is 21.9. The molecule has 168 valence electrons. The van der Waals surface area contributed by atoms with E-state index in [1.54, 1.807) is 12.4 Å². The molecule has 1 N–H and O–H groups in total. The second-order valence-corrected chi connectivity index (χ2v) is 9.10. The molecular weight excluding hydrogens is 402 g/mol. The van der Waals surface area contributed by atoms with E-state index in [2.05, 4.69) is 44.4 Å². The predicted molar refractivity (Wildman–Crippen MR) is 123 cm³/mol. The number of benzene rings is 1. The molecule has 32 heavy (non-hydrogen) atoms. The highest BCUT2D eigenvalue weighted by molar-refractivity contribution is 5.82. The normalized spacial score (nSPS) is 22.9. The number of fused-ring (bicyclic) bond motifs is 3. The Labute approximate surface area is 189 Å². The number of carbonyl (C=O) groups excluding carboxylic acids is 2. The average molecular weight is 434 g/mol. The molecule has 0 spiro atoms. The Bertz CT molecular complexity index is 960. The second-order valence-electron chi connectivity index (χ2n) is 9.10. The van der Waals surface area contributed by atoms with Crippen molar-refractivity contribution in [2.24, 2.45) is 5.92 Å². The van der Waals surface area contributed by atoms with Gasteiger partial charge in [0.05, 0.1) is 18.5 Å². The molecule has 0 aliphatic carbocycles. The summed E-state index contributed by atoms with van der Waals surface area (Å²) in [5, 5.41) is 3.13. The summed E-state index contributed by atoms with van der Waals surface area (Å²) >= 11 is 0. The molecule has 3 aliphatic heterocycles. The minimum Gasteiger partial charge on any atom is -0.365 e. The van der Waals surface area contributed by atoms with E-state index in [1.165, 1.54) is 11.3 Å². The van der Waals surface area contributed by atoms with Gasteiger partial charge in [0.2, 0.25) is 11.8 Å². The predicted octanol–water partition coefficient (Wildman–Crippen LogP) is 1.68. The first-order valence-electron chi connectivity index (χ1n) is 11.7. The maximum Gasteiger partial charge on any atom is 0.236 e. The molecule has 7 heteroatoms. The van der Waals surface area contributed by atoms with Gasteiger partial charge in [-0.25, -0.2) is 0 Å². The SMILES string of the molecule is O=C(NCc1cccnc1)C1Cc2ccccc2N2CCN(CC(=O)N3CCCC3)CC12. The van der Waals surface area contributed by atoms with Crippen molar-refractivity contribution in [3.05, 3.63) is 59.9 Å². The molecule has 1 aromatic heterocycles.